The number of benzene rings is 1. The molecule has 1 aromatic carbocycles. The monoisotopic (exact) mass is 292 g/mol. The zero-order chi connectivity index (χ0) is 12.4. The molecule has 0 atom stereocenters. The summed E-state index contributed by atoms with van der Waals surface area (Å²) in [5.41, 5.74) is 3.47. The smallest absolute Gasteiger partial charge is 0.267 e. The number of halogens is 1. The van der Waals surface area contributed by atoms with Crippen LogP contribution in [0.4, 0.5) is 0 Å². The number of hydrogen-bond donors (Lipinski definition) is 0. The van der Waals surface area contributed by atoms with Gasteiger partial charge in [-0.25, -0.2) is 4.98 Å². The first-order chi connectivity index (χ1) is 8.08. The molecular weight excluding hydrogens is 280 g/mol. The molecule has 2 aromatic rings. The van der Waals surface area contributed by atoms with Crippen molar-refractivity contribution in [1.29, 1.82) is 0 Å². The van der Waals surface area contributed by atoms with Crippen LogP contribution in [0.5, 0.6) is 0 Å². The standard InChI is InChI=1S/C13H13BrN2O/c1-9-3-4-10(2)11(5-9)7-16-8-15-6-12(14)13(16)17/h3-6,8H,7H2,1-2H3. The van der Waals surface area contributed by atoms with Crippen LogP contribution in [0.1, 0.15) is 16.7 Å². The predicted molar refractivity (Wildman–Crippen MR) is 71.2 cm³/mol. The SMILES string of the molecule is Cc1ccc(C)c(Cn2cncc(Br)c2=O)c1. The summed E-state index contributed by atoms with van der Waals surface area (Å²) in [5.74, 6) is 0. The van der Waals surface area contributed by atoms with Crippen LogP contribution in [-0.2, 0) is 6.54 Å². The second-order valence-corrected chi connectivity index (χ2v) is 4.96. The molecule has 0 spiro atoms. The van der Waals surface area contributed by atoms with Crippen molar-refractivity contribution in [3.05, 3.63) is 62.2 Å². The van der Waals surface area contributed by atoms with Crippen LogP contribution in [-0.4, -0.2) is 9.55 Å². The van der Waals surface area contributed by atoms with Crippen LogP contribution in [0, 0.1) is 13.8 Å². The van der Waals surface area contributed by atoms with Gasteiger partial charge in [-0.3, -0.25) is 9.36 Å². The van der Waals surface area contributed by atoms with Crippen molar-refractivity contribution in [3.8, 4) is 0 Å². The molecular formula is C13H13BrN2O. The predicted octanol–water partition coefficient (Wildman–Crippen LogP) is 2.67. The largest absolute Gasteiger partial charge is 0.294 e. The lowest BCUT2D eigenvalue weighted by molar-refractivity contribution is 0.727. The third kappa shape index (κ3) is 2.64. The molecule has 3 nitrogen and oxygen atoms in total. The summed E-state index contributed by atoms with van der Waals surface area (Å²) in [5, 5.41) is 0. The van der Waals surface area contributed by atoms with Gasteiger partial charge in [0.1, 0.15) is 4.47 Å². The van der Waals surface area contributed by atoms with E-state index in [1.807, 2.05) is 13.8 Å². The zero-order valence-electron chi connectivity index (χ0n) is 9.77. The van der Waals surface area contributed by atoms with Gasteiger partial charge in [0.05, 0.1) is 12.9 Å². The summed E-state index contributed by atoms with van der Waals surface area (Å²) in [6.07, 6.45) is 3.08. The fourth-order valence-corrected chi connectivity index (χ4v) is 2.04. The molecule has 0 unspecified atom stereocenters. The Kier molecular flexibility index (Phi) is 3.43. The Morgan fingerprint density at radius 2 is 2.12 bits per heavy atom. The minimum atomic E-state index is -0.0547. The Balaban J connectivity index is 2.41. The number of aromatic nitrogens is 2. The van der Waals surface area contributed by atoms with E-state index in [9.17, 15) is 4.79 Å². The summed E-state index contributed by atoms with van der Waals surface area (Å²) in [6.45, 7) is 4.65. The van der Waals surface area contributed by atoms with E-state index in [4.69, 9.17) is 0 Å². The number of rotatable bonds is 2. The van der Waals surface area contributed by atoms with Gasteiger partial charge in [0, 0.05) is 6.20 Å². The molecule has 0 amide bonds. The Hall–Kier alpha value is -1.42. The molecule has 0 aliphatic rings. The minimum Gasteiger partial charge on any atom is -0.294 e. The van der Waals surface area contributed by atoms with Crippen molar-refractivity contribution in [1.82, 2.24) is 9.55 Å². The summed E-state index contributed by atoms with van der Waals surface area (Å²) >= 11 is 3.20. The lowest BCUT2D eigenvalue weighted by Gasteiger charge is -2.09. The Bertz CT molecular complexity index is 605. The second-order valence-electron chi connectivity index (χ2n) is 4.10. The lowest BCUT2D eigenvalue weighted by atomic mass is 10.1. The van der Waals surface area contributed by atoms with Crippen LogP contribution >= 0.6 is 15.9 Å². The van der Waals surface area contributed by atoms with Crippen LogP contribution in [0.25, 0.3) is 0 Å². The molecule has 88 valence electrons. The van der Waals surface area contributed by atoms with Gasteiger partial charge in [-0.2, -0.15) is 0 Å². The van der Waals surface area contributed by atoms with Gasteiger partial charge in [0.2, 0.25) is 0 Å². The fourth-order valence-electron chi connectivity index (χ4n) is 1.69. The number of hydrogen-bond acceptors (Lipinski definition) is 2. The molecule has 0 bridgehead atoms. The molecule has 0 aliphatic carbocycles. The number of aryl methyl sites for hydroxylation is 2. The van der Waals surface area contributed by atoms with Gasteiger partial charge in [-0.15, -0.1) is 0 Å². The molecule has 17 heavy (non-hydrogen) atoms. The highest BCUT2D eigenvalue weighted by Gasteiger charge is 2.04. The lowest BCUT2D eigenvalue weighted by Crippen LogP contribution is -2.21. The molecule has 0 aliphatic heterocycles. The van der Waals surface area contributed by atoms with Crippen LogP contribution in [0.3, 0.4) is 0 Å². The van der Waals surface area contributed by atoms with Crippen molar-refractivity contribution < 1.29 is 0 Å². The highest BCUT2D eigenvalue weighted by molar-refractivity contribution is 9.10. The maximum absolute atomic E-state index is 11.8. The number of nitrogens with zero attached hydrogens (tertiary/aromatic N) is 2. The molecule has 0 saturated heterocycles. The highest BCUT2D eigenvalue weighted by atomic mass is 79.9. The van der Waals surface area contributed by atoms with E-state index in [0.29, 0.717) is 11.0 Å². The summed E-state index contributed by atoms with van der Waals surface area (Å²) < 4.78 is 2.09. The summed E-state index contributed by atoms with van der Waals surface area (Å²) in [6, 6.07) is 6.24. The normalized spacial score (nSPS) is 10.5. The summed E-state index contributed by atoms with van der Waals surface area (Å²) in [7, 11) is 0. The Morgan fingerprint density at radius 1 is 1.35 bits per heavy atom. The first-order valence-corrected chi connectivity index (χ1v) is 6.13. The van der Waals surface area contributed by atoms with Crippen molar-refractivity contribution in [2.45, 2.75) is 20.4 Å². The van der Waals surface area contributed by atoms with E-state index in [1.54, 1.807) is 10.9 Å². The van der Waals surface area contributed by atoms with Crippen molar-refractivity contribution in [3.63, 3.8) is 0 Å². The van der Waals surface area contributed by atoms with Crippen LogP contribution < -0.4 is 5.56 Å². The molecule has 1 heterocycles. The van der Waals surface area contributed by atoms with Crippen molar-refractivity contribution >= 4 is 15.9 Å². The Morgan fingerprint density at radius 3 is 2.88 bits per heavy atom. The van der Waals surface area contributed by atoms with E-state index in [2.05, 4.69) is 39.1 Å². The molecule has 1 aromatic heterocycles. The van der Waals surface area contributed by atoms with Crippen molar-refractivity contribution in [2.75, 3.05) is 0 Å². The third-order valence-electron chi connectivity index (χ3n) is 2.70. The van der Waals surface area contributed by atoms with E-state index < -0.39 is 0 Å². The molecule has 0 N–H and O–H groups in total. The quantitative estimate of drug-likeness (QED) is 0.853. The van der Waals surface area contributed by atoms with E-state index >= 15 is 0 Å². The third-order valence-corrected chi connectivity index (χ3v) is 3.25. The minimum absolute atomic E-state index is 0.0547. The highest BCUT2D eigenvalue weighted by Crippen LogP contribution is 2.11. The molecule has 4 heteroatoms. The fraction of sp³-hybridized carbons (Fsp3) is 0.231. The molecule has 2 rings (SSSR count). The van der Waals surface area contributed by atoms with E-state index in [1.165, 1.54) is 17.3 Å². The van der Waals surface area contributed by atoms with E-state index in [0.717, 1.165) is 5.56 Å². The van der Waals surface area contributed by atoms with Gasteiger partial charge in [-0.05, 0) is 40.9 Å². The van der Waals surface area contributed by atoms with Gasteiger partial charge < -0.3 is 0 Å². The average Bonchev–Trinajstić information content (AvgIpc) is 2.30. The molecule has 0 fully saturated rings. The van der Waals surface area contributed by atoms with Crippen molar-refractivity contribution in [2.24, 2.45) is 0 Å². The molecule has 0 saturated carbocycles. The van der Waals surface area contributed by atoms with Gasteiger partial charge >= 0.3 is 0 Å². The van der Waals surface area contributed by atoms with Gasteiger partial charge in [0.25, 0.3) is 5.56 Å². The van der Waals surface area contributed by atoms with Crippen LogP contribution in [0.2, 0.25) is 0 Å². The van der Waals surface area contributed by atoms with Gasteiger partial charge in [-0.1, -0.05) is 23.8 Å². The first kappa shape index (κ1) is 12.0. The first-order valence-electron chi connectivity index (χ1n) is 5.34. The summed E-state index contributed by atoms with van der Waals surface area (Å²) in [4.78, 5) is 15.9. The van der Waals surface area contributed by atoms with E-state index in [-0.39, 0.29) is 5.56 Å². The van der Waals surface area contributed by atoms with Gasteiger partial charge in [0.15, 0.2) is 0 Å². The Labute approximate surface area is 108 Å². The molecule has 0 radical (unpaired) electrons. The topological polar surface area (TPSA) is 34.9 Å². The zero-order valence-corrected chi connectivity index (χ0v) is 11.4. The maximum atomic E-state index is 11.8. The second kappa shape index (κ2) is 4.84. The van der Waals surface area contributed by atoms with Crippen LogP contribution in [0.15, 0.2) is 40.0 Å². The average molecular weight is 293 g/mol. The maximum Gasteiger partial charge on any atom is 0.267 e.